The molecular weight excluding hydrogens is 231 g/mol. The lowest BCUT2D eigenvalue weighted by atomic mass is 9.88. The normalized spacial score (nSPS) is 25.3. The van der Waals surface area contributed by atoms with Crippen LogP contribution < -0.4 is 11.3 Å². The fourth-order valence-electron chi connectivity index (χ4n) is 2.75. The molecule has 0 spiro atoms. The maximum atomic E-state index is 12.9. The van der Waals surface area contributed by atoms with Gasteiger partial charge in [0.2, 0.25) is 0 Å². The molecule has 100 valence electrons. The molecule has 1 aliphatic rings. The average molecular weight is 252 g/mol. The summed E-state index contributed by atoms with van der Waals surface area (Å²) < 4.78 is 18.6. The smallest absolute Gasteiger partial charge is 0.123 e. The molecule has 1 aromatic rings. The van der Waals surface area contributed by atoms with E-state index in [2.05, 4.69) is 12.3 Å². The lowest BCUT2D eigenvalue weighted by Crippen LogP contribution is -2.45. The molecule has 0 bridgehead atoms. The number of halogens is 1. The van der Waals surface area contributed by atoms with Crippen molar-refractivity contribution in [3.8, 4) is 0 Å². The average Bonchev–Trinajstić information content (AvgIpc) is 2.86. The van der Waals surface area contributed by atoms with Crippen LogP contribution in [0.1, 0.15) is 25.3 Å². The van der Waals surface area contributed by atoms with E-state index in [1.54, 1.807) is 0 Å². The highest BCUT2D eigenvalue weighted by molar-refractivity contribution is 5.17. The van der Waals surface area contributed by atoms with Crippen LogP contribution >= 0.6 is 0 Å². The standard InChI is InChI=1S/C14H21FN2O/c1-2-14-12(7-8-18-14)13(17-16)9-10-3-5-11(15)6-4-10/h3-6,12-14,17H,2,7-9,16H2,1H3. The Morgan fingerprint density at radius 1 is 1.44 bits per heavy atom. The van der Waals surface area contributed by atoms with Gasteiger partial charge in [0.05, 0.1) is 6.10 Å². The van der Waals surface area contributed by atoms with Crippen LogP contribution in [-0.4, -0.2) is 18.8 Å². The predicted molar refractivity (Wildman–Crippen MR) is 69.4 cm³/mol. The van der Waals surface area contributed by atoms with Crippen LogP contribution in [0.2, 0.25) is 0 Å². The fourth-order valence-corrected chi connectivity index (χ4v) is 2.75. The van der Waals surface area contributed by atoms with Crippen LogP contribution in [0.4, 0.5) is 4.39 Å². The molecule has 0 aliphatic carbocycles. The highest BCUT2D eigenvalue weighted by atomic mass is 19.1. The van der Waals surface area contributed by atoms with E-state index in [4.69, 9.17) is 10.6 Å². The Balaban J connectivity index is 2.02. The highest BCUT2D eigenvalue weighted by Gasteiger charge is 2.33. The van der Waals surface area contributed by atoms with Crippen molar-refractivity contribution in [3.05, 3.63) is 35.6 Å². The second-order valence-corrected chi connectivity index (χ2v) is 4.87. The van der Waals surface area contributed by atoms with Crippen molar-refractivity contribution in [2.45, 2.75) is 38.3 Å². The Kier molecular flexibility index (Phi) is 4.69. The van der Waals surface area contributed by atoms with E-state index >= 15 is 0 Å². The van der Waals surface area contributed by atoms with Crippen LogP contribution in [-0.2, 0) is 11.2 Å². The van der Waals surface area contributed by atoms with Gasteiger partial charge in [-0.15, -0.1) is 0 Å². The monoisotopic (exact) mass is 252 g/mol. The predicted octanol–water partition coefficient (Wildman–Crippen LogP) is 2.02. The molecule has 0 amide bonds. The summed E-state index contributed by atoms with van der Waals surface area (Å²) in [5.41, 5.74) is 4.00. The first-order chi connectivity index (χ1) is 8.74. The third kappa shape index (κ3) is 3.07. The molecule has 1 fully saturated rings. The highest BCUT2D eigenvalue weighted by Crippen LogP contribution is 2.27. The van der Waals surface area contributed by atoms with E-state index in [0.717, 1.165) is 31.4 Å². The molecule has 3 atom stereocenters. The quantitative estimate of drug-likeness (QED) is 0.622. The van der Waals surface area contributed by atoms with Crippen molar-refractivity contribution < 1.29 is 9.13 Å². The third-order valence-corrected chi connectivity index (χ3v) is 3.76. The van der Waals surface area contributed by atoms with Crippen molar-refractivity contribution in [1.82, 2.24) is 5.43 Å². The number of hydrazine groups is 1. The Morgan fingerprint density at radius 3 is 2.78 bits per heavy atom. The van der Waals surface area contributed by atoms with E-state index in [0.29, 0.717) is 5.92 Å². The van der Waals surface area contributed by atoms with E-state index in [1.807, 2.05) is 12.1 Å². The molecule has 18 heavy (non-hydrogen) atoms. The summed E-state index contributed by atoms with van der Waals surface area (Å²) in [6, 6.07) is 6.80. The Hall–Kier alpha value is -0.970. The Bertz CT molecular complexity index is 369. The molecule has 1 saturated heterocycles. The molecule has 2 rings (SSSR count). The van der Waals surface area contributed by atoms with Gasteiger partial charge in [0.25, 0.3) is 0 Å². The molecule has 0 saturated carbocycles. The minimum atomic E-state index is -0.202. The van der Waals surface area contributed by atoms with Crippen LogP contribution in [0.3, 0.4) is 0 Å². The van der Waals surface area contributed by atoms with Gasteiger partial charge in [-0.2, -0.15) is 0 Å². The zero-order valence-electron chi connectivity index (χ0n) is 10.7. The molecule has 0 radical (unpaired) electrons. The first-order valence-electron chi connectivity index (χ1n) is 6.56. The van der Waals surface area contributed by atoms with Crippen molar-refractivity contribution in [2.75, 3.05) is 6.61 Å². The lowest BCUT2D eigenvalue weighted by Gasteiger charge is -2.26. The first kappa shape index (κ1) is 13.5. The molecule has 1 aliphatic heterocycles. The molecule has 3 nitrogen and oxygen atoms in total. The molecule has 1 heterocycles. The van der Waals surface area contributed by atoms with E-state index in [9.17, 15) is 4.39 Å². The van der Waals surface area contributed by atoms with Crippen molar-refractivity contribution in [1.29, 1.82) is 0 Å². The van der Waals surface area contributed by atoms with Gasteiger partial charge in [0.1, 0.15) is 5.82 Å². The second-order valence-electron chi connectivity index (χ2n) is 4.87. The van der Waals surface area contributed by atoms with Crippen LogP contribution in [0.15, 0.2) is 24.3 Å². The number of nitrogens with two attached hydrogens (primary N) is 1. The Labute approximate surface area is 107 Å². The first-order valence-corrected chi connectivity index (χ1v) is 6.56. The fraction of sp³-hybridized carbons (Fsp3) is 0.571. The molecular formula is C14H21FN2O. The van der Waals surface area contributed by atoms with E-state index in [-0.39, 0.29) is 18.0 Å². The minimum absolute atomic E-state index is 0.183. The second kappa shape index (κ2) is 6.27. The molecule has 4 heteroatoms. The summed E-state index contributed by atoms with van der Waals surface area (Å²) >= 11 is 0. The van der Waals surface area contributed by atoms with Gasteiger partial charge in [0, 0.05) is 18.6 Å². The topological polar surface area (TPSA) is 47.3 Å². The maximum absolute atomic E-state index is 12.9. The van der Waals surface area contributed by atoms with Gasteiger partial charge in [-0.25, -0.2) is 4.39 Å². The summed E-state index contributed by atoms with van der Waals surface area (Å²) in [5, 5.41) is 0. The zero-order chi connectivity index (χ0) is 13.0. The van der Waals surface area contributed by atoms with Crippen molar-refractivity contribution >= 4 is 0 Å². The van der Waals surface area contributed by atoms with Crippen molar-refractivity contribution in [2.24, 2.45) is 11.8 Å². The SMILES string of the molecule is CCC1OCCC1C(Cc1ccc(F)cc1)NN. The Morgan fingerprint density at radius 2 is 2.17 bits per heavy atom. The third-order valence-electron chi connectivity index (χ3n) is 3.76. The van der Waals surface area contributed by atoms with Gasteiger partial charge in [-0.3, -0.25) is 11.3 Å². The summed E-state index contributed by atoms with van der Waals surface area (Å²) in [6.45, 7) is 2.94. The summed E-state index contributed by atoms with van der Waals surface area (Å²) in [7, 11) is 0. The maximum Gasteiger partial charge on any atom is 0.123 e. The van der Waals surface area contributed by atoms with E-state index in [1.165, 1.54) is 12.1 Å². The minimum Gasteiger partial charge on any atom is -0.378 e. The number of hydrogen-bond acceptors (Lipinski definition) is 3. The zero-order valence-corrected chi connectivity index (χ0v) is 10.7. The number of rotatable bonds is 5. The van der Waals surface area contributed by atoms with Gasteiger partial charge < -0.3 is 4.74 Å². The van der Waals surface area contributed by atoms with Crippen LogP contribution in [0, 0.1) is 11.7 Å². The van der Waals surface area contributed by atoms with Crippen LogP contribution in [0.25, 0.3) is 0 Å². The summed E-state index contributed by atoms with van der Waals surface area (Å²) in [6.07, 6.45) is 3.13. The molecule has 3 unspecified atom stereocenters. The summed E-state index contributed by atoms with van der Waals surface area (Å²) in [4.78, 5) is 0. The molecule has 3 N–H and O–H groups in total. The van der Waals surface area contributed by atoms with Crippen molar-refractivity contribution in [3.63, 3.8) is 0 Å². The number of benzene rings is 1. The number of nitrogens with one attached hydrogen (secondary N) is 1. The number of ether oxygens (including phenoxy) is 1. The van der Waals surface area contributed by atoms with Gasteiger partial charge in [0.15, 0.2) is 0 Å². The van der Waals surface area contributed by atoms with Crippen LogP contribution in [0.5, 0.6) is 0 Å². The lowest BCUT2D eigenvalue weighted by molar-refractivity contribution is 0.0774. The van der Waals surface area contributed by atoms with Gasteiger partial charge in [-0.05, 0) is 37.0 Å². The summed E-state index contributed by atoms with van der Waals surface area (Å²) in [5.74, 6) is 5.90. The molecule has 0 aromatic heterocycles. The number of hydrogen-bond donors (Lipinski definition) is 2. The molecule has 1 aromatic carbocycles. The van der Waals surface area contributed by atoms with Gasteiger partial charge in [-0.1, -0.05) is 19.1 Å². The van der Waals surface area contributed by atoms with Gasteiger partial charge >= 0.3 is 0 Å². The van der Waals surface area contributed by atoms with E-state index < -0.39 is 0 Å². The largest absolute Gasteiger partial charge is 0.378 e.